The number of aromatic nitrogens is 2. The second kappa shape index (κ2) is 7.72. The third kappa shape index (κ3) is 3.75. The van der Waals surface area contributed by atoms with Crippen molar-refractivity contribution in [1.29, 1.82) is 0 Å². The van der Waals surface area contributed by atoms with Crippen LogP contribution >= 0.6 is 0 Å². The molecule has 27 heavy (non-hydrogen) atoms. The van der Waals surface area contributed by atoms with Gasteiger partial charge in [0, 0.05) is 37.8 Å². The molecule has 6 heteroatoms. The van der Waals surface area contributed by atoms with Crippen LogP contribution in [0.15, 0.2) is 54.9 Å². The van der Waals surface area contributed by atoms with Crippen molar-refractivity contribution in [3.05, 3.63) is 60.6 Å². The van der Waals surface area contributed by atoms with Gasteiger partial charge in [-0.1, -0.05) is 25.1 Å². The van der Waals surface area contributed by atoms with Gasteiger partial charge in [0.1, 0.15) is 5.69 Å². The molecular formula is C21H23N5O. The summed E-state index contributed by atoms with van der Waals surface area (Å²) in [5.41, 5.74) is 2.94. The summed E-state index contributed by atoms with van der Waals surface area (Å²) in [4.78, 5) is 26.1. The lowest BCUT2D eigenvalue weighted by Crippen LogP contribution is -2.46. The van der Waals surface area contributed by atoms with Crippen molar-refractivity contribution in [2.45, 2.75) is 6.92 Å². The first kappa shape index (κ1) is 17.4. The Labute approximate surface area is 158 Å². The predicted molar refractivity (Wildman–Crippen MR) is 108 cm³/mol. The summed E-state index contributed by atoms with van der Waals surface area (Å²) in [6, 6.07) is 13.4. The minimum Gasteiger partial charge on any atom is -0.368 e. The zero-order chi connectivity index (χ0) is 18.6. The number of piperazine rings is 1. The molecule has 1 fully saturated rings. The van der Waals surface area contributed by atoms with Crippen LogP contribution in [0.1, 0.15) is 17.4 Å². The first-order valence-corrected chi connectivity index (χ1v) is 9.33. The number of carbonyl (C=O) groups is 1. The van der Waals surface area contributed by atoms with E-state index in [-0.39, 0.29) is 5.91 Å². The molecular weight excluding hydrogens is 338 g/mol. The molecule has 0 spiro atoms. The summed E-state index contributed by atoms with van der Waals surface area (Å²) >= 11 is 0. The van der Waals surface area contributed by atoms with E-state index >= 15 is 0 Å². The highest BCUT2D eigenvalue weighted by atomic mass is 16.1. The van der Waals surface area contributed by atoms with E-state index in [1.807, 2.05) is 36.4 Å². The van der Waals surface area contributed by atoms with Crippen LogP contribution in [0.5, 0.6) is 0 Å². The fourth-order valence-electron chi connectivity index (χ4n) is 3.42. The number of amides is 1. The number of para-hydroxylation sites is 1. The van der Waals surface area contributed by atoms with E-state index < -0.39 is 0 Å². The summed E-state index contributed by atoms with van der Waals surface area (Å²) in [5.74, 6) is -0.226. The van der Waals surface area contributed by atoms with Gasteiger partial charge in [0.15, 0.2) is 0 Å². The quantitative estimate of drug-likeness (QED) is 0.774. The third-order valence-corrected chi connectivity index (χ3v) is 5.05. The number of hydrogen-bond donors (Lipinski definition) is 1. The van der Waals surface area contributed by atoms with E-state index in [4.69, 9.17) is 0 Å². The van der Waals surface area contributed by atoms with Crippen molar-refractivity contribution in [3.8, 4) is 0 Å². The lowest BCUT2D eigenvalue weighted by atomic mass is 10.2. The predicted octanol–water partition coefficient (Wildman–Crippen LogP) is 3.02. The molecule has 1 saturated heterocycles. The number of nitrogens with one attached hydrogen (secondary N) is 1. The summed E-state index contributed by atoms with van der Waals surface area (Å²) in [5, 5.41) is 3.92. The Morgan fingerprint density at radius 3 is 2.59 bits per heavy atom. The maximum Gasteiger partial charge on any atom is 0.274 e. The van der Waals surface area contributed by atoms with Crippen molar-refractivity contribution in [2.75, 3.05) is 42.9 Å². The molecule has 4 rings (SSSR count). The van der Waals surface area contributed by atoms with Crippen LogP contribution in [-0.2, 0) is 0 Å². The van der Waals surface area contributed by atoms with Crippen molar-refractivity contribution in [2.24, 2.45) is 0 Å². The van der Waals surface area contributed by atoms with Crippen LogP contribution in [0.25, 0.3) is 10.9 Å². The molecule has 1 aliphatic heterocycles. The molecule has 1 N–H and O–H groups in total. The Hall–Kier alpha value is -2.99. The minimum atomic E-state index is -0.226. The number of nitrogens with zero attached hydrogens (tertiary/aromatic N) is 4. The Bertz CT molecular complexity index is 927. The lowest BCUT2D eigenvalue weighted by Gasteiger charge is -2.35. The average Bonchev–Trinajstić information content (AvgIpc) is 2.74. The molecule has 1 amide bonds. The van der Waals surface area contributed by atoms with Gasteiger partial charge in [-0.15, -0.1) is 0 Å². The van der Waals surface area contributed by atoms with Gasteiger partial charge in [0.25, 0.3) is 5.91 Å². The monoisotopic (exact) mass is 361 g/mol. The van der Waals surface area contributed by atoms with Gasteiger partial charge < -0.3 is 15.1 Å². The Morgan fingerprint density at radius 2 is 1.85 bits per heavy atom. The number of carbonyl (C=O) groups excluding carboxylic acids is 1. The van der Waals surface area contributed by atoms with Crippen LogP contribution in [0.4, 0.5) is 11.4 Å². The largest absolute Gasteiger partial charge is 0.368 e. The van der Waals surface area contributed by atoms with Gasteiger partial charge in [-0.2, -0.15) is 0 Å². The number of benzene rings is 1. The maximum atomic E-state index is 12.6. The van der Waals surface area contributed by atoms with Crippen LogP contribution in [-0.4, -0.2) is 53.5 Å². The minimum absolute atomic E-state index is 0.226. The SMILES string of the molecule is CCN1CCN(c2ccc(C(=O)Nc3cccc4cccnc34)nc2)CC1. The molecule has 3 heterocycles. The highest BCUT2D eigenvalue weighted by molar-refractivity contribution is 6.07. The second-order valence-corrected chi connectivity index (χ2v) is 6.66. The Kier molecular flexibility index (Phi) is 4.98. The molecule has 0 radical (unpaired) electrons. The molecule has 1 aliphatic rings. The number of anilines is 2. The van der Waals surface area contributed by atoms with Crippen LogP contribution in [0.2, 0.25) is 0 Å². The first-order chi connectivity index (χ1) is 13.2. The average molecular weight is 361 g/mol. The molecule has 3 aromatic rings. The van der Waals surface area contributed by atoms with Crippen molar-refractivity contribution in [1.82, 2.24) is 14.9 Å². The van der Waals surface area contributed by atoms with E-state index in [9.17, 15) is 4.79 Å². The molecule has 0 saturated carbocycles. The van der Waals surface area contributed by atoms with E-state index in [0.29, 0.717) is 11.4 Å². The van der Waals surface area contributed by atoms with Crippen molar-refractivity contribution >= 4 is 28.2 Å². The molecule has 138 valence electrons. The topological polar surface area (TPSA) is 61.4 Å². The fourth-order valence-corrected chi connectivity index (χ4v) is 3.42. The first-order valence-electron chi connectivity index (χ1n) is 9.33. The fraction of sp³-hybridized carbons (Fsp3) is 0.286. The molecule has 0 bridgehead atoms. The van der Waals surface area contributed by atoms with E-state index in [0.717, 1.165) is 49.3 Å². The van der Waals surface area contributed by atoms with E-state index in [1.54, 1.807) is 18.5 Å². The molecule has 0 aliphatic carbocycles. The normalized spacial score (nSPS) is 15.1. The van der Waals surface area contributed by atoms with Crippen LogP contribution in [0.3, 0.4) is 0 Å². The summed E-state index contributed by atoms with van der Waals surface area (Å²) in [6.45, 7) is 7.38. The standard InChI is InChI=1S/C21H23N5O/c1-2-25-11-13-26(14-12-25)17-8-9-19(23-15-17)21(27)24-18-7-3-5-16-6-4-10-22-20(16)18/h3-10,15H,2,11-14H2,1H3,(H,24,27). The highest BCUT2D eigenvalue weighted by Crippen LogP contribution is 2.21. The van der Waals surface area contributed by atoms with Gasteiger partial charge in [0.2, 0.25) is 0 Å². The smallest absolute Gasteiger partial charge is 0.274 e. The zero-order valence-electron chi connectivity index (χ0n) is 15.4. The number of likely N-dealkylation sites (N-methyl/N-ethyl adjacent to an activating group) is 1. The molecule has 0 unspecified atom stereocenters. The molecule has 2 aromatic heterocycles. The van der Waals surface area contributed by atoms with Crippen molar-refractivity contribution in [3.63, 3.8) is 0 Å². The van der Waals surface area contributed by atoms with Gasteiger partial charge in [0.05, 0.1) is 23.1 Å². The number of fused-ring (bicyclic) bond motifs is 1. The van der Waals surface area contributed by atoms with Crippen molar-refractivity contribution < 1.29 is 4.79 Å². The molecule has 0 atom stereocenters. The van der Waals surface area contributed by atoms with Gasteiger partial charge >= 0.3 is 0 Å². The van der Waals surface area contributed by atoms with E-state index in [2.05, 4.69) is 32.0 Å². The highest BCUT2D eigenvalue weighted by Gasteiger charge is 2.17. The zero-order valence-corrected chi connectivity index (χ0v) is 15.4. The van der Waals surface area contributed by atoms with Gasteiger partial charge in [-0.3, -0.25) is 9.78 Å². The summed E-state index contributed by atoms with van der Waals surface area (Å²) < 4.78 is 0. The number of rotatable bonds is 4. The Balaban J connectivity index is 1.46. The molecule has 1 aromatic carbocycles. The Morgan fingerprint density at radius 1 is 1.04 bits per heavy atom. The summed E-state index contributed by atoms with van der Waals surface area (Å²) in [6.07, 6.45) is 3.52. The van der Waals surface area contributed by atoms with Crippen LogP contribution in [0, 0.1) is 0 Å². The van der Waals surface area contributed by atoms with Gasteiger partial charge in [-0.05, 0) is 30.8 Å². The second-order valence-electron chi connectivity index (χ2n) is 6.66. The number of pyridine rings is 2. The lowest BCUT2D eigenvalue weighted by molar-refractivity contribution is 0.102. The maximum absolute atomic E-state index is 12.6. The van der Waals surface area contributed by atoms with Crippen LogP contribution < -0.4 is 10.2 Å². The summed E-state index contributed by atoms with van der Waals surface area (Å²) in [7, 11) is 0. The van der Waals surface area contributed by atoms with E-state index in [1.165, 1.54) is 0 Å². The molecule has 6 nitrogen and oxygen atoms in total. The number of hydrogen-bond acceptors (Lipinski definition) is 5. The van der Waals surface area contributed by atoms with Gasteiger partial charge in [-0.25, -0.2) is 4.98 Å². The third-order valence-electron chi connectivity index (χ3n) is 5.05.